The van der Waals surface area contributed by atoms with E-state index in [-0.39, 0.29) is 11.7 Å². The number of nitrogens with zero attached hydrogens (tertiary/aromatic N) is 1. The van der Waals surface area contributed by atoms with Crippen molar-refractivity contribution in [3.05, 3.63) is 54.1 Å². The van der Waals surface area contributed by atoms with E-state index in [1.54, 1.807) is 18.2 Å². The fraction of sp³-hybridized carbons (Fsp3) is 0.458. The predicted molar refractivity (Wildman–Crippen MR) is 116 cm³/mol. The molecule has 3 rings (SSSR count). The van der Waals surface area contributed by atoms with Crippen LogP contribution in [0.2, 0.25) is 0 Å². The van der Waals surface area contributed by atoms with Gasteiger partial charge in [0.25, 0.3) is 0 Å². The highest BCUT2D eigenvalue weighted by atomic mass is 16.5. The normalized spacial score (nSPS) is 19.2. The summed E-state index contributed by atoms with van der Waals surface area (Å²) in [6, 6.07) is 15.8. The van der Waals surface area contributed by atoms with Gasteiger partial charge in [0.1, 0.15) is 0 Å². The van der Waals surface area contributed by atoms with Crippen LogP contribution in [-0.4, -0.2) is 42.2 Å². The molecule has 1 fully saturated rings. The third-order valence-electron chi connectivity index (χ3n) is 5.59. The van der Waals surface area contributed by atoms with Gasteiger partial charge < -0.3 is 20.1 Å². The average Bonchev–Trinajstić information content (AvgIpc) is 2.71. The summed E-state index contributed by atoms with van der Waals surface area (Å²) < 4.78 is 5.16. The average molecular weight is 397 g/mol. The van der Waals surface area contributed by atoms with Crippen LogP contribution in [0, 0.1) is 11.8 Å². The van der Waals surface area contributed by atoms with Crippen molar-refractivity contribution >= 4 is 11.6 Å². The Balaban J connectivity index is 1.66. The van der Waals surface area contributed by atoms with Crippen molar-refractivity contribution in [3.63, 3.8) is 0 Å². The lowest BCUT2D eigenvalue weighted by Gasteiger charge is -2.40. The second-order valence-electron chi connectivity index (χ2n) is 8.32. The lowest BCUT2D eigenvalue weighted by atomic mass is 9.85. The van der Waals surface area contributed by atoms with Crippen molar-refractivity contribution < 1.29 is 14.6 Å². The van der Waals surface area contributed by atoms with E-state index in [0.29, 0.717) is 30.0 Å². The van der Waals surface area contributed by atoms with Gasteiger partial charge in [0.2, 0.25) is 5.91 Å². The molecule has 156 valence electrons. The van der Waals surface area contributed by atoms with Gasteiger partial charge in [0.05, 0.1) is 13.5 Å². The van der Waals surface area contributed by atoms with E-state index < -0.39 is 0 Å². The first-order chi connectivity index (χ1) is 14.0. The Morgan fingerprint density at radius 1 is 1.24 bits per heavy atom. The number of hydrogen-bond acceptors (Lipinski definition) is 4. The number of nitrogens with one attached hydrogen (secondary N) is 1. The van der Waals surface area contributed by atoms with Crippen molar-refractivity contribution in [1.29, 1.82) is 0 Å². The molecule has 29 heavy (non-hydrogen) atoms. The highest BCUT2D eigenvalue weighted by Gasteiger charge is 2.31. The zero-order valence-electron chi connectivity index (χ0n) is 17.6. The monoisotopic (exact) mass is 396 g/mol. The smallest absolute Gasteiger partial charge is 0.227 e. The first-order valence-electron chi connectivity index (χ1n) is 10.4. The van der Waals surface area contributed by atoms with Crippen LogP contribution in [0.15, 0.2) is 48.5 Å². The quantitative estimate of drug-likeness (QED) is 0.732. The largest absolute Gasteiger partial charge is 0.504 e. The summed E-state index contributed by atoms with van der Waals surface area (Å²) in [5.41, 5.74) is 2.00. The fourth-order valence-corrected chi connectivity index (χ4v) is 4.16. The Kier molecular flexibility index (Phi) is 7.02. The van der Waals surface area contributed by atoms with Crippen LogP contribution >= 0.6 is 0 Å². The predicted octanol–water partition coefficient (Wildman–Crippen LogP) is 4.32. The van der Waals surface area contributed by atoms with Crippen molar-refractivity contribution in [2.75, 3.05) is 25.5 Å². The number of phenolic OH excluding ortho intramolecular Hbond substituents is 1. The van der Waals surface area contributed by atoms with Gasteiger partial charge >= 0.3 is 0 Å². The molecule has 2 N–H and O–H groups in total. The minimum absolute atomic E-state index is 0.0912. The summed E-state index contributed by atoms with van der Waals surface area (Å²) in [5, 5.41) is 13.4. The van der Waals surface area contributed by atoms with Crippen molar-refractivity contribution in [2.45, 2.75) is 39.2 Å². The number of ether oxygens (including phenoxy) is 1. The number of amides is 1. The molecule has 0 unspecified atom stereocenters. The van der Waals surface area contributed by atoms with Crippen LogP contribution in [0.25, 0.3) is 0 Å². The molecule has 5 nitrogen and oxygen atoms in total. The summed E-state index contributed by atoms with van der Waals surface area (Å²) >= 11 is 0. The van der Waals surface area contributed by atoms with Gasteiger partial charge in [-0.2, -0.15) is 0 Å². The Labute approximate surface area is 173 Å². The summed E-state index contributed by atoms with van der Waals surface area (Å²) in [6.07, 6.45) is 2.35. The summed E-state index contributed by atoms with van der Waals surface area (Å²) in [5.74, 6) is 1.62. The first kappa shape index (κ1) is 21.0. The highest BCUT2D eigenvalue weighted by molar-refractivity contribution is 5.79. The topological polar surface area (TPSA) is 61.8 Å². The van der Waals surface area contributed by atoms with E-state index in [1.807, 2.05) is 23.1 Å². The second-order valence-corrected chi connectivity index (χ2v) is 8.32. The van der Waals surface area contributed by atoms with Gasteiger partial charge in [-0.15, -0.1) is 0 Å². The number of para-hydroxylation sites is 1. The number of methoxy groups -OCH3 is 1. The van der Waals surface area contributed by atoms with Crippen LogP contribution in [0.4, 0.5) is 5.69 Å². The Morgan fingerprint density at radius 3 is 2.69 bits per heavy atom. The molecule has 0 spiro atoms. The van der Waals surface area contributed by atoms with E-state index in [1.165, 1.54) is 7.11 Å². The molecule has 2 aromatic rings. The molecular formula is C24H32N2O3. The van der Waals surface area contributed by atoms with Crippen LogP contribution < -0.4 is 10.1 Å². The van der Waals surface area contributed by atoms with Gasteiger partial charge in [-0.05, 0) is 54.5 Å². The van der Waals surface area contributed by atoms with E-state index in [4.69, 9.17) is 4.74 Å². The molecule has 1 aliphatic heterocycles. The summed E-state index contributed by atoms with van der Waals surface area (Å²) in [6.45, 7) is 6.01. The molecule has 2 aromatic carbocycles. The Morgan fingerprint density at radius 2 is 2.00 bits per heavy atom. The lowest BCUT2D eigenvalue weighted by Crippen LogP contribution is -2.49. The number of phenols is 1. The van der Waals surface area contributed by atoms with Crippen LogP contribution in [0.3, 0.4) is 0 Å². The molecule has 1 saturated heterocycles. The lowest BCUT2D eigenvalue weighted by molar-refractivity contribution is -0.132. The van der Waals surface area contributed by atoms with Crippen molar-refractivity contribution in [2.24, 2.45) is 11.8 Å². The van der Waals surface area contributed by atoms with E-state index in [9.17, 15) is 9.90 Å². The van der Waals surface area contributed by atoms with E-state index in [0.717, 1.165) is 37.2 Å². The number of aromatic hydroxyl groups is 1. The van der Waals surface area contributed by atoms with Crippen LogP contribution in [0.1, 0.15) is 32.3 Å². The third-order valence-corrected chi connectivity index (χ3v) is 5.59. The number of rotatable bonds is 7. The zero-order chi connectivity index (χ0) is 20.8. The number of benzene rings is 2. The Hall–Kier alpha value is -2.69. The van der Waals surface area contributed by atoms with Gasteiger partial charge in [-0.3, -0.25) is 4.79 Å². The highest BCUT2D eigenvalue weighted by Crippen LogP contribution is 2.29. The molecule has 5 heteroatoms. The molecular weight excluding hydrogens is 364 g/mol. The number of carbonyl (C=O) groups is 1. The van der Waals surface area contributed by atoms with E-state index in [2.05, 4.69) is 31.3 Å². The minimum atomic E-state index is 0.0912. The third kappa shape index (κ3) is 5.66. The number of likely N-dealkylation sites (tertiary alicyclic amines) is 1. The van der Waals surface area contributed by atoms with Crippen LogP contribution in [0.5, 0.6) is 11.5 Å². The molecule has 0 saturated carbocycles. The molecule has 0 aromatic heterocycles. The molecule has 1 amide bonds. The first-order valence-corrected chi connectivity index (χ1v) is 10.4. The van der Waals surface area contributed by atoms with Gasteiger partial charge in [0.15, 0.2) is 11.5 Å². The van der Waals surface area contributed by atoms with Crippen molar-refractivity contribution in [3.8, 4) is 11.5 Å². The molecule has 1 aliphatic rings. The standard InChI is InChI=1S/C24H32N2O3/c1-17(2)13-19-16-26(12-11-21(19)25-20-7-5-4-6-8-20)24(28)15-18-9-10-22(27)23(14-18)29-3/h4-10,14,17,19,21,25,27H,11-13,15-16H2,1-3H3/t19-,21+/m0/s1. The molecule has 0 bridgehead atoms. The maximum atomic E-state index is 13.0. The number of anilines is 1. The molecule has 1 heterocycles. The molecule has 2 atom stereocenters. The number of carbonyl (C=O) groups excluding carboxylic acids is 1. The van der Waals surface area contributed by atoms with Gasteiger partial charge in [-0.25, -0.2) is 0 Å². The van der Waals surface area contributed by atoms with Gasteiger partial charge in [-0.1, -0.05) is 38.1 Å². The summed E-state index contributed by atoms with van der Waals surface area (Å²) in [4.78, 5) is 14.9. The zero-order valence-corrected chi connectivity index (χ0v) is 17.6. The number of hydrogen-bond donors (Lipinski definition) is 2. The Bertz CT molecular complexity index is 807. The molecule has 0 aliphatic carbocycles. The fourth-order valence-electron chi connectivity index (χ4n) is 4.16. The van der Waals surface area contributed by atoms with Crippen LogP contribution in [-0.2, 0) is 11.2 Å². The second kappa shape index (κ2) is 9.68. The molecule has 0 radical (unpaired) electrons. The number of piperidine rings is 1. The van der Waals surface area contributed by atoms with Crippen molar-refractivity contribution in [1.82, 2.24) is 4.90 Å². The minimum Gasteiger partial charge on any atom is -0.504 e. The van der Waals surface area contributed by atoms with Gasteiger partial charge in [0, 0.05) is 24.8 Å². The maximum absolute atomic E-state index is 13.0. The summed E-state index contributed by atoms with van der Waals surface area (Å²) in [7, 11) is 1.52. The van der Waals surface area contributed by atoms with E-state index >= 15 is 0 Å². The maximum Gasteiger partial charge on any atom is 0.227 e. The SMILES string of the molecule is COc1cc(CC(=O)N2CC[C@@H](Nc3ccccc3)[C@@H](CC(C)C)C2)ccc1O.